The van der Waals surface area contributed by atoms with E-state index in [1.165, 1.54) is 0 Å². The summed E-state index contributed by atoms with van der Waals surface area (Å²) in [4.78, 5) is 15.9. The lowest BCUT2D eigenvalue weighted by atomic mass is 10.1. The molecule has 0 saturated heterocycles. The summed E-state index contributed by atoms with van der Waals surface area (Å²) in [6, 6.07) is 0.133. The number of nitrogens with zero attached hydrogens (tertiary/aromatic N) is 1. The van der Waals surface area contributed by atoms with Gasteiger partial charge in [0.15, 0.2) is 5.96 Å². The first-order chi connectivity index (χ1) is 8.78. The molecule has 6 heteroatoms. The molecule has 3 N–H and O–H groups in total. The maximum Gasteiger partial charge on any atom is 0.242 e. The van der Waals surface area contributed by atoms with Gasteiger partial charge in [0.25, 0.3) is 0 Å². The number of amides is 1. The largest absolute Gasteiger partial charge is 0.383 e. The van der Waals surface area contributed by atoms with Gasteiger partial charge in [-0.25, -0.2) is 4.99 Å². The average molecular weight is 272 g/mol. The third kappa shape index (κ3) is 10.3. The number of hydrogen-bond donors (Lipinski definition) is 3. The van der Waals surface area contributed by atoms with Crippen molar-refractivity contribution < 1.29 is 9.53 Å². The van der Waals surface area contributed by atoms with Gasteiger partial charge in [0.1, 0.15) is 6.54 Å². The molecule has 1 unspecified atom stereocenters. The number of hydrogen-bond acceptors (Lipinski definition) is 3. The van der Waals surface area contributed by atoms with Crippen LogP contribution < -0.4 is 16.0 Å². The van der Waals surface area contributed by atoms with E-state index in [1.54, 1.807) is 7.11 Å². The van der Waals surface area contributed by atoms with Crippen molar-refractivity contribution in [3.63, 3.8) is 0 Å². The van der Waals surface area contributed by atoms with Crippen molar-refractivity contribution in [1.29, 1.82) is 0 Å². The summed E-state index contributed by atoms with van der Waals surface area (Å²) in [6.45, 7) is 11.2. The van der Waals surface area contributed by atoms with Crippen LogP contribution in [0, 0.1) is 0 Å². The van der Waals surface area contributed by atoms with Gasteiger partial charge in [-0.05, 0) is 34.6 Å². The minimum Gasteiger partial charge on any atom is -0.383 e. The van der Waals surface area contributed by atoms with Crippen LogP contribution in [-0.4, -0.2) is 50.3 Å². The molecule has 0 aromatic rings. The molecule has 1 atom stereocenters. The summed E-state index contributed by atoms with van der Waals surface area (Å²) in [5.74, 6) is 0.528. The summed E-state index contributed by atoms with van der Waals surface area (Å²) < 4.78 is 5.05. The second-order valence-electron chi connectivity index (χ2n) is 5.49. The molecule has 1 amide bonds. The molecule has 6 nitrogen and oxygen atoms in total. The molecule has 0 aliphatic heterocycles. The topological polar surface area (TPSA) is 74.8 Å². The molecule has 0 saturated carbocycles. The number of carbonyl (C=O) groups is 1. The number of guanidine groups is 1. The number of aliphatic imine (C=N–C) groups is 1. The van der Waals surface area contributed by atoms with Crippen LogP contribution in [0.3, 0.4) is 0 Å². The lowest BCUT2D eigenvalue weighted by Gasteiger charge is -2.20. The van der Waals surface area contributed by atoms with E-state index in [1.807, 2.05) is 34.6 Å². The second-order valence-corrected chi connectivity index (χ2v) is 5.49. The highest BCUT2D eigenvalue weighted by molar-refractivity contribution is 5.85. The van der Waals surface area contributed by atoms with Crippen molar-refractivity contribution in [2.45, 2.75) is 46.2 Å². The Morgan fingerprint density at radius 2 is 2.00 bits per heavy atom. The zero-order valence-corrected chi connectivity index (χ0v) is 13.0. The molecule has 19 heavy (non-hydrogen) atoms. The van der Waals surface area contributed by atoms with Gasteiger partial charge in [0.05, 0.1) is 6.61 Å². The van der Waals surface area contributed by atoms with Crippen LogP contribution in [0.15, 0.2) is 4.99 Å². The maximum atomic E-state index is 11.7. The normalized spacial score (nSPS) is 13.9. The van der Waals surface area contributed by atoms with Crippen molar-refractivity contribution in [2.75, 3.05) is 26.8 Å². The SMILES string of the molecule is CCNC(=NCC(=O)NC(C)(C)C)NC(C)COC. The van der Waals surface area contributed by atoms with Gasteiger partial charge in [-0.15, -0.1) is 0 Å². The smallest absolute Gasteiger partial charge is 0.242 e. The lowest BCUT2D eigenvalue weighted by Crippen LogP contribution is -2.45. The molecule has 0 spiro atoms. The standard InChI is InChI=1S/C13H28N4O2/c1-7-14-12(16-10(2)9-19-6)15-8-11(18)17-13(3,4)5/h10H,7-9H2,1-6H3,(H,17,18)(H2,14,15,16). The molecule has 0 bridgehead atoms. The molecular weight excluding hydrogens is 244 g/mol. The van der Waals surface area contributed by atoms with Gasteiger partial charge in [0.2, 0.25) is 5.91 Å². The number of carbonyl (C=O) groups excluding carboxylic acids is 1. The van der Waals surface area contributed by atoms with Gasteiger partial charge in [-0.3, -0.25) is 4.79 Å². The first-order valence-electron chi connectivity index (χ1n) is 6.63. The number of ether oxygens (including phenoxy) is 1. The van der Waals surface area contributed by atoms with E-state index >= 15 is 0 Å². The molecule has 0 aliphatic carbocycles. The van der Waals surface area contributed by atoms with Crippen molar-refractivity contribution in [2.24, 2.45) is 4.99 Å². The van der Waals surface area contributed by atoms with Crippen molar-refractivity contribution in [3.05, 3.63) is 0 Å². The fourth-order valence-electron chi connectivity index (χ4n) is 1.45. The monoisotopic (exact) mass is 272 g/mol. The Bertz CT molecular complexity index is 298. The molecular formula is C13H28N4O2. The van der Waals surface area contributed by atoms with Crippen molar-refractivity contribution in [3.8, 4) is 0 Å². The summed E-state index contributed by atoms with van der Waals surface area (Å²) in [5, 5.41) is 9.13. The molecule has 0 aliphatic rings. The third-order valence-corrected chi connectivity index (χ3v) is 2.04. The molecule has 112 valence electrons. The number of rotatable bonds is 6. The van der Waals surface area contributed by atoms with E-state index in [4.69, 9.17) is 4.74 Å². The Hall–Kier alpha value is -1.30. The number of methoxy groups -OCH3 is 1. The van der Waals surface area contributed by atoms with Crippen LogP contribution in [0.5, 0.6) is 0 Å². The zero-order chi connectivity index (χ0) is 14.9. The fourth-order valence-corrected chi connectivity index (χ4v) is 1.45. The zero-order valence-electron chi connectivity index (χ0n) is 13.0. The van der Waals surface area contributed by atoms with Crippen LogP contribution in [-0.2, 0) is 9.53 Å². The van der Waals surface area contributed by atoms with Crippen LogP contribution in [0.1, 0.15) is 34.6 Å². The molecule has 0 aromatic carbocycles. The summed E-state index contributed by atoms with van der Waals surface area (Å²) in [5.41, 5.74) is -0.234. The van der Waals surface area contributed by atoms with Crippen LogP contribution in [0.4, 0.5) is 0 Å². The second kappa shape index (κ2) is 8.74. The first kappa shape index (κ1) is 17.7. The van der Waals surface area contributed by atoms with E-state index in [-0.39, 0.29) is 24.0 Å². The highest BCUT2D eigenvalue weighted by Gasteiger charge is 2.13. The Labute approximate surface area is 116 Å². The van der Waals surface area contributed by atoms with Crippen molar-refractivity contribution >= 4 is 11.9 Å². The summed E-state index contributed by atoms with van der Waals surface area (Å²) >= 11 is 0. The van der Waals surface area contributed by atoms with Crippen molar-refractivity contribution in [1.82, 2.24) is 16.0 Å². The summed E-state index contributed by atoms with van der Waals surface area (Å²) in [6.07, 6.45) is 0. The van der Waals surface area contributed by atoms with Gasteiger partial charge in [0, 0.05) is 25.2 Å². The molecule has 0 rings (SSSR count). The molecule has 0 radical (unpaired) electrons. The van der Waals surface area contributed by atoms with E-state index in [0.29, 0.717) is 12.6 Å². The Kier molecular flexibility index (Phi) is 8.14. The van der Waals surface area contributed by atoms with Crippen LogP contribution in [0.25, 0.3) is 0 Å². The lowest BCUT2D eigenvalue weighted by molar-refractivity contribution is -0.121. The van der Waals surface area contributed by atoms with E-state index in [2.05, 4.69) is 20.9 Å². The predicted octanol–water partition coefficient (Wildman–Crippen LogP) is 0.491. The van der Waals surface area contributed by atoms with Gasteiger partial charge in [-0.1, -0.05) is 0 Å². The van der Waals surface area contributed by atoms with E-state index < -0.39 is 0 Å². The van der Waals surface area contributed by atoms with Gasteiger partial charge in [-0.2, -0.15) is 0 Å². The maximum absolute atomic E-state index is 11.7. The quantitative estimate of drug-likeness (QED) is 0.486. The molecule has 0 aromatic heterocycles. The minimum absolute atomic E-state index is 0.0934. The molecule has 0 heterocycles. The highest BCUT2D eigenvalue weighted by atomic mass is 16.5. The van der Waals surface area contributed by atoms with E-state index in [9.17, 15) is 4.79 Å². The van der Waals surface area contributed by atoms with E-state index in [0.717, 1.165) is 6.54 Å². The third-order valence-electron chi connectivity index (χ3n) is 2.04. The number of nitrogens with one attached hydrogen (secondary N) is 3. The fraction of sp³-hybridized carbons (Fsp3) is 0.846. The van der Waals surface area contributed by atoms with Gasteiger partial charge >= 0.3 is 0 Å². The Morgan fingerprint density at radius 1 is 1.37 bits per heavy atom. The minimum atomic E-state index is -0.234. The average Bonchev–Trinajstić information content (AvgIpc) is 2.24. The summed E-state index contributed by atoms with van der Waals surface area (Å²) in [7, 11) is 1.65. The highest BCUT2D eigenvalue weighted by Crippen LogP contribution is 1.97. The van der Waals surface area contributed by atoms with Crippen LogP contribution >= 0.6 is 0 Å². The van der Waals surface area contributed by atoms with Gasteiger partial charge < -0.3 is 20.7 Å². The Morgan fingerprint density at radius 3 is 2.47 bits per heavy atom. The molecule has 0 fully saturated rings. The predicted molar refractivity (Wildman–Crippen MR) is 78.3 cm³/mol. The first-order valence-corrected chi connectivity index (χ1v) is 6.63. The van der Waals surface area contributed by atoms with Crippen LogP contribution in [0.2, 0.25) is 0 Å². The Balaban J connectivity index is 4.36.